The second kappa shape index (κ2) is 7.07. The van der Waals surface area contributed by atoms with E-state index in [1.807, 2.05) is 24.3 Å². The van der Waals surface area contributed by atoms with Crippen LogP contribution in [0.5, 0.6) is 0 Å². The Kier molecular flexibility index (Phi) is 5.15. The summed E-state index contributed by atoms with van der Waals surface area (Å²) in [6.07, 6.45) is 3.24. The number of methoxy groups -OCH3 is 1. The number of hydrogen-bond donors (Lipinski definition) is 1. The molecule has 1 aromatic carbocycles. The van der Waals surface area contributed by atoms with Gasteiger partial charge in [-0.05, 0) is 11.6 Å². The first kappa shape index (κ1) is 14.6. The van der Waals surface area contributed by atoms with E-state index >= 15 is 0 Å². The summed E-state index contributed by atoms with van der Waals surface area (Å²) in [4.78, 5) is 11.8. The summed E-state index contributed by atoms with van der Waals surface area (Å²) in [5.74, 6) is -0.160. The second-order valence-corrected chi connectivity index (χ2v) is 4.67. The van der Waals surface area contributed by atoms with Crippen LogP contribution in [0.15, 0.2) is 36.7 Å². The molecule has 5 nitrogen and oxygen atoms in total. The van der Waals surface area contributed by atoms with Gasteiger partial charge in [0, 0.05) is 24.9 Å². The monoisotopic (exact) mass is 293 g/mol. The maximum atomic E-state index is 11.8. The van der Waals surface area contributed by atoms with Crippen molar-refractivity contribution in [3.05, 3.63) is 52.8 Å². The van der Waals surface area contributed by atoms with Gasteiger partial charge in [0.05, 0.1) is 24.9 Å². The maximum absolute atomic E-state index is 11.8. The second-order valence-electron chi connectivity index (χ2n) is 4.27. The average Bonchev–Trinajstić information content (AvgIpc) is 2.90. The minimum absolute atomic E-state index is 0.160. The number of carbonyl (C=O) groups is 1. The highest BCUT2D eigenvalue weighted by atomic mass is 35.5. The molecule has 2 aromatic rings. The number of hydrogen-bond acceptors (Lipinski definition) is 3. The fourth-order valence-corrected chi connectivity index (χ4v) is 1.93. The lowest BCUT2D eigenvalue weighted by Gasteiger charge is -2.04. The summed E-state index contributed by atoms with van der Waals surface area (Å²) in [6.45, 7) is 1.50. The van der Waals surface area contributed by atoms with E-state index < -0.39 is 0 Å². The van der Waals surface area contributed by atoms with Gasteiger partial charge >= 0.3 is 0 Å². The Morgan fingerprint density at radius 2 is 2.25 bits per heavy atom. The number of rotatable bonds is 6. The maximum Gasteiger partial charge on any atom is 0.254 e. The number of halogens is 1. The number of nitrogens with one attached hydrogen (secondary N) is 1. The molecule has 0 spiro atoms. The van der Waals surface area contributed by atoms with Crippen LogP contribution in [-0.4, -0.2) is 35.9 Å². The number of benzene rings is 1. The summed E-state index contributed by atoms with van der Waals surface area (Å²) in [7, 11) is 1.59. The predicted octanol–water partition coefficient (Wildman–Crippen LogP) is 1.96. The molecule has 2 rings (SSSR count). The van der Waals surface area contributed by atoms with Gasteiger partial charge in [-0.25, -0.2) is 0 Å². The van der Waals surface area contributed by atoms with Crippen molar-refractivity contribution in [1.82, 2.24) is 15.1 Å². The average molecular weight is 294 g/mol. The predicted molar refractivity (Wildman–Crippen MR) is 77.0 cm³/mol. The highest BCUT2D eigenvalue weighted by molar-refractivity contribution is 6.31. The van der Waals surface area contributed by atoms with Gasteiger partial charge in [0.2, 0.25) is 0 Å². The summed E-state index contributed by atoms with van der Waals surface area (Å²) in [5, 5.41) is 7.60. The van der Waals surface area contributed by atoms with Gasteiger partial charge in [-0.3, -0.25) is 9.48 Å². The molecular formula is C14H16ClN3O2. The first-order chi connectivity index (χ1) is 9.70. The van der Waals surface area contributed by atoms with Gasteiger partial charge in [-0.1, -0.05) is 29.8 Å². The van der Waals surface area contributed by atoms with Crippen LogP contribution in [0.25, 0.3) is 0 Å². The van der Waals surface area contributed by atoms with Crippen LogP contribution < -0.4 is 5.32 Å². The van der Waals surface area contributed by atoms with Gasteiger partial charge in [0.25, 0.3) is 5.91 Å². The van der Waals surface area contributed by atoms with Crippen molar-refractivity contribution in [1.29, 1.82) is 0 Å². The molecule has 0 radical (unpaired) electrons. The third-order valence-corrected chi connectivity index (χ3v) is 3.15. The lowest BCUT2D eigenvalue weighted by Crippen LogP contribution is -2.26. The SMILES string of the molecule is COCCNC(=O)c1cnn(Cc2ccccc2Cl)c1. The largest absolute Gasteiger partial charge is 0.383 e. The number of amides is 1. The molecule has 0 unspecified atom stereocenters. The summed E-state index contributed by atoms with van der Waals surface area (Å²) in [6, 6.07) is 7.56. The van der Waals surface area contributed by atoms with E-state index in [-0.39, 0.29) is 5.91 Å². The Morgan fingerprint density at radius 1 is 1.45 bits per heavy atom. The number of carbonyl (C=O) groups excluding carboxylic acids is 1. The lowest BCUT2D eigenvalue weighted by molar-refractivity contribution is 0.0937. The van der Waals surface area contributed by atoms with Crippen LogP contribution in [0.2, 0.25) is 5.02 Å². The molecule has 1 aromatic heterocycles. The summed E-state index contributed by atoms with van der Waals surface area (Å²) in [5.41, 5.74) is 1.48. The van der Waals surface area contributed by atoms with E-state index in [4.69, 9.17) is 16.3 Å². The standard InChI is InChI=1S/C14H16ClN3O2/c1-20-7-6-16-14(19)12-8-17-18(10-12)9-11-4-2-3-5-13(11)15/h2-5,8,10H,6-7,9H2,1H3,(H,16,19). The van der Waals surface area contributed by atoms with Crippen molar-refractivity contribution in [2.75, 3.05) is 20.3 Å². The smallest absolute Gasteiger partial charge is 0.254 e. The Morgan fingerprint density at radius 3 is 3.00 bits per heavy atom. The van der Waals surface area contributed by atoms with Crippen molar-refractivity contribution >= 4 is 17.5 Å². The van der Waals surface area contributed by atoms with Crippen molar-refractivity contribution in [2.24, 2.45) is 0 Å². The van der Waals surface area contributed by atoms with E-state index in [2.05, 4.69) is 10.4 Å². The molecule has 1 N–H and O–H groups in total. The first-order valence-electron chi connectivity index (χ1n) is 6.23. The zero-order chi connectivity index (χ0) is 14.4. The zero-order valence-corrected chi connectivity index (χ0v) is 11.9. The zero-order valence-electron chi connectivity index (χ0n) is 11.2. The lowest BCUT2D eigenvalue weighted by atomic mass is 10.2. The van der Waals surface area contributed by atoms with E-state index in [0.29, 0.717) is 30.3 Å². The van der Waals surface area contributed by atoms with E-state index in [9.17, 15) is 4.79 Å². The van der Waals surface area contributed by atoms with Crippen LogP contribution in [0, 0.1) is 0 Å². The third-order valence-electron chi connectivity index (χ3n) is 2.78. The fourth-order valence-electron chi connectivity index (χ4n) is 1.74. The van der Waals surface area contributed by atoms with Gasteiger partial charge in [0.15, 0.2) is 0 Å². The minimum Gasteiger partial charge on any atom is -0.383 e. The Hall–Kier alpha value is -1.85. The number of aromatic nitrogens is 2. The van der Waals surface area contributed by atoms with Crippen LogP contribution >= 0.6 is 11.6 Å². The van der Waals surface area contributed by atoms with Gasteiger partial charge in [0.1, 0.15) is 0 Å². The third kappa shape index (κ3) is 3.82. The molecule has 0 saturated carbocycles. The van der Waals surface area contributed by atoms with Gasteiger partial charge in [-0.15, -0.1) is 0 Å². The van der Waals surface area contributed by atoms with Crippen molar-refractivity contribution in [3.8, 4) is 0 Å². The van der Waals surface area contributed by atoms with Crippen molar-refractivity contribution in [2.45, 2.75) is 6.54 Å². The molecular weight excluding hydrogens is 278 g/mol. The molecule has 0 bridgehead atoms. The van der Waals surface area contributed by atoms with Crippen molar-refractivity contribution < 1.29 is 9.53 Å². The van der Waals surface area contributed by atoms with Gasteiger partial charge < -0.3 is 10.1 Å². The Bertz CT molecular complexity index is 583. The molecule has 1 amide bonds. The summed E-state index contributed by atoms with van der Waals surface area (Å²) >= 11 is 6.09. The van der Waals surface area contributed by atoms with Gasteiger partial charge in [-0.2, -0.15) is 5.10 Å². The molecule has 20 heavy (non-hydrogen) atoms. The normalized spacial score (nSPS) is 10.5. The van der Waals surface area contributed by atoms with Crippen LogP contribution in [0.3, 0.4) is 0 Å². The Labute approximate surface area is 122 Å². The Balaban J connectivity index is 1.99. The molecule has 0 aliphatic heterocycles. The quantitative estimate of drug-likeness (QED) is 0.828. The fraction of sp³-hybridized carbons (Fsp3) is 0.286. The molecule has 1 heterocycles. The molecule has 0 atom stereocenters. The molecule has 6 heteroatoms. The minimum atomic E-state index is -0.160. The number of nitrogens with zero attached hydrogens (tertiary/aromatic N) is 2. The molecule has 0 fully saturated rings. The van der Waals surface area contributed by atoms with Crippen LogP contribution in [0.1, 0.15) is 15.9 Å². The molecule has 106 valence electrons. The van der Waals surface area contributed by atoms with E-state index in [0.717, 1.165) is 5.56 Å². The highest BCUT2D eigenvalue weighted by Gasteiger charge is 2.08. The van der Waals surface area contributed by atoms with Crippen molar-refractivity contribution in [3.63, 3.8) is 0 Å². The van der Waals surface area contributed by atoms with Crippen LogP contribution in [-0.2, 0) is 11.3 Å². The summed E-state index contributed by atoms with van der Waals surface area (Å²) < 4.78 is 6.56. The molecule has 0 aliphatic rings. The molecule has 0 saturated heterocycles. The van der Waals surface area contributed by atoms with Crippen LogP contribution in [0.4, 0.5) is 0 Å². The van der Waals surface area contributed by atoms with E-state index in [1.165, 1.54) is 0 Å². The number of ether oxygens (including phenoxy) is 1. The van der Waals surface area contributed by atoms with E-state index in [1.54, 1.807) is 24.2 Å². The first-order valence-corrected chi connectivity index (χ1v) is 6.61. The topological polar surface area (TPSA) is 56.1 Å². The molecule has 0 aliphatic carbocycles. The highest BCUT2D eigenvalue weighted by Crippen LogP contribution is 2.16.